The molecule has 0 fully saturated rings. The summed E-state index contributed by atoms with van der Waals surface area (Å²) in [5.74, 6) is -2.78. The molecule has 0 aliphatic rings. The Kier molecular flexibility index (Phi) is 6.65. The summed E-state index contributed by atoms with van der Waals surface area (Å²) >= 11 is 0. The fourth-order valence-corrected chi connectivity index (χ4v) is 5.10. The molecule has 45 heavy (non-hydrogen) atoms. The van der Waals surface area contributed by atoms with E-state index in [1.165, 1.54) is 12.1 Å². The number of H-pyrrole nitrogens is 1. The molecule has 0 spiro atoms. The molecule has 1 amide bonds. The molecule has 224 valence electrons. The van der Waals surface area contributed by atoms with E-state index in [2.05, 4.69) is 25.3 Å². The zero-order valence-electron chi connectivity index (χ0n) is 22.7. The molecule has 0 aliphatic heterocycles. The van der Waals surface area contributed by atoms with Crippen molar-refractivity contribution >= 4 is 27.9 Å². The fourth-order valence-electron chi connectivity index (χ4n) is 5.10. The molecule has 7 rings (SSSR count). The Morgan fingerprint density at radius 2 is 1.78 bits per heavy atom. The Balaban J connectivity index is 1.19. The lowest BCUT2D eigenvalue weighted by atomic mass is 10.0. The van der Waals surface area contributed by atoms with Crippen molar-refractivity contribution < 1.29 is 31.8 Å². The number of carbonyl (C=O) groups excluding carboxylic acids is 1. The molecular formula is C31H18F4N6O4. The largest absolute Gasteiger partial charge is 0.454 e. The molecule has 2 N–H and O–H groups in total. The van der Waals surface area contributed by atoms with E-state index in [9.17, 15) is 22.8 Å². The number of halogens is 4. The number of pyridine rings is 1. The first-order chi connectivity index (χ1) is 21.8. The number of aromatic nitrogens is 5. The van der Waals surface area contributed by atoms with Gasteiger partial charge in [0, 0.05) is 52.1 Å². The quantitative estimate of drug-likeness (QED) is 0.192. The van der Waals surface area contributed by atoms with Gasteiger partial charge >= 0.3 is 6.61 Å². The van der Waals surface area contributed by atoms with Crippen LogP contribution in [0, 0.1) is 11.6 Å². The number of ether oxygens (including phenoxy) is 2. The van der Waals surface area contributed by atoms with Crippen molar-refractivity contribution in [1.82, 2.24) is 24.4 Å². The number of hydrogen-bond donors (Lipinski definition) is 2. The topological polar surface area (TPSA) is 116 Å². The van der Waals surface area contributed by atoms with Crippen molar-refractivity contribution in [2.75, 3.05) is 5.32 Å². The molecule has 7 aromatic rings. The first kappa shape index (κ1) is 27.6. The molecule has 0 unspecified atom stereocenters. The van der Waals surface area contributed by atoms with E-state index in [1.807, 2.05) is 6.07 Å². The number of rotatable bonds is 8. The molecule has 10 nitrogen and oxygen atoms in total. The minimum atomic E-state index is -3.27. The van der Waals surface area contributed by atoms with Gasteiger partial charge in [-0.15, -0.1) is 0 Å². The van der Waals surface area contributed by atoms with Crippen LogP contribution in [0.2, 0.25) is 0 Å². The standard InChI is InChI=1S/C31H18F4N6O4/c32-18-1-4-20(5-2-18)41-26(45-31(34)35)8-6-22(30(41)43)29(42)39-19-3-7-24(23(33)12-19)44-25-11-16-15-38-40-10-9-21(28(16)40)27(25)17-13-36-37-14-17/h1-15,31H,(H,36,37)(H,39,42). The second-order valence-electron chi connectivity index (χ2n) is 9.78. The number of amides is 1. The molecule has 0 radical (unpaired) electrons. The summed E-state index contributed by atoms with van der Waals surface area (Å²) in [6, 6.07) is 13.7. The highest BCUT2D eigenvalue weighted by atomic mass is 19.3. The summed E-state index contributed by atoms with van der Waals surface area (Å²) in [6.07, 6.45) is 6.77. The number of carbonyl (C=O) groups is 1. The summed E-state index contributed by atoms with van der Waals surface area (Å²) < 4.78 is 67.8. The zero-order valence-corrected chi connectivity index (χ0v) is 22.7. The minimum absolute atomic E-state index is 0.0150. The molecular weight excluding hydrogens is 596 g/mol. The number of nitrogens with zero attached hydrogens (tertiary/aromatic N) is 4. The lowest BCUT2D eigenvalue weighted by Crippen LogP contribution is -2.29. The van der Waals surface area contributed by atoms with E-state index in [0.717, 1.165) is 58.8 Å². The second kappa shape index (κ2) is 10.8. The first-order valence-electron chi connectivity index (χ1n) is 13.2. The number of nitrogens with one attached hydrogen (secondary N) is 2. The molecule has 4 heterocycles. The first-order valence-corrected chi connectivity index (χ1v) is 13.2. The van der Waals surface area contributed by atoms with E-state index in [0.29, 0.717) is 21.4 Å². The summed E-state index contributed by atoms with van der Waals surface area (Å²) in [6.45, 7) is -3.27. The van der Waals surface area contributed by atoms with Crippen LogP contribution in [0.15, 0.2) is 96.3 Å². The van der Waals surface area contributed by atoms with Gasteiger partial charge in [-0.25, -0.2) is 17.9 Å². The molecule has 14 heteroatoms. The minimum Gasteiger partial charge on any atom is -0.454 e. The van der Waals surface area contributed by atoms with Gasteiger partial charge in [0.2, 0.25) is 5.88 Å². The maximum Gasteiger partial charge on any atom is 0.388 e. The maximum absolute atomic E-state index is 15.4. The van der Waals surface area contributed by atoms with E-state index in [-0.39, 0.29) is 17.1 Å². The third kappa shape index (κ3) is 4.97. The highest BCUT2D eigenvalue weighted by Crippen LogP contribution is 2.42. The van der Waals surface area contributed by atoms with Crippen LogP contribution < -0.4 is 20.3 Å². The van der Waals surface area contributed by atoms with Gasteiger partial charge in [-0.3, -0.25) is 14.7 Å². The predicted molar refractivity (Wildman–Crippen MR) is 155 cm³/mol. The zero-order chi connectivity index (χ0) is 31.2. The van der Waals surface area contributed by atoms with E-state index in [4.69, 9.17) is 4.74 Å². The maximum atomic E-state index is 15.4. The van der Waals surface area contributed by atoms with Crippen LogP contribution >= 0.6 is 0 Å². The SMILES string of the molecule is O=C(Nc1ccc(Oc2cc3cnn4ccc(c2-c2cn[nH]c2)c34)c(F)c1)c1ccc(OC(F)F)n(-c2ccc(F)cc2)c1=O. The van der Waals surface area contributed by atoms with Crippen molar-refractivity contribution in [2.24, 2.45) is 0 Å². The van der Waals surface area contributed by atoms with Crippen molar-refractivity contribution in [3.05, 3.63) is 119 Å². The Hall–Kier alpha value is -6.18. The van der Waals surface area contributed by atoms with Gasteiger partial charge in [0.05, 0.1) is 23.6 Å². The van der Waals surface area contributed by atoms with Crippen molar-refractivity contribution in [2.45, 2.75) is 6.61 Å². The summed E-state index contributed by atoms with van der Waals surface area (Å²) in [7, 11) is 0. The highest BCUT2D eigenvalue weighted by molar-refractivity contribution is 6.07. The number of benzene rings is 3. The van der Waals surface area contributed by atoms with Gasteiger partial charge in [-0.1, -0.05) is 0 Å². The normalized spacial score (nSPS) is 11.5. The third-order valence-corrected chi connectivity index (χ3v) is 7.05. The monoisotopic (exact) mass is 614 g/mol. The number of aromatic amines is 1. The third-order valence-electron chi connectivity index (χ3n) is 7.05. The van der Waals surface area contributed by atoms with E-state index >= 15 is 4.39 Å². The van der Waals surface area contributed by atoms with Crippen LogP contribution in [0.4, 0.5) is 23.2 Å². The molecule has 0 bridgehead atoms. The summed E-state index contributed by atoms with van der Waals surface area (Å²) in [5, 5.41) is 15.1. The highest BCUT2D eigenvalue weighted by Gasteiger charge is 2.22. The van der Waals surface area contributed by atoms with Crippen LogP contribution in [0.25, 0.3) is 33.1 Å². The van der Waals surface area contributed by atoms with Crippen molar-refractivity contribution in [3.8, 4) is 34.2 Å². The Morgan fingerprint density at radius 1 is 0.956 bits per heavy atom. The second-order valence-corrected chi connectivity index (χ2v) is 9.78. The van der Waals surface area contributed by atoms with Gasteiger partial charge < -0.3 is 14.8 Å². The molecule has 0 saturated carbocycles. The Labute approximate surface area is 249 Å². The van der Waals surface area contributed by atoms with Crippen molar-refractivity contribution in [3.63, 3.8) is 0 Å². The number of hydrogen-bond acceptors (Lipinski definition) is 6. The molecule has 4 aromatic heterocycles. The average Bonchev–Trinajstić information content (AvgIpc) is 3.77. The predicted octanol–water partition coefficient (Wildman–Crippen LogP) is 6.39. The van der Waals surface area contributed by atoms with Crippen LogP contribution in [0.3, 0.4) is 0 Å². The summed E-state index contributed by atoms with van der Waals surface area (Å²) in [5.41, 5.74) is 0.718. The van der Waals surface area contributed by atoms with Gasteiger partial charge in [0.25, 0.3) is 11.5 Å². The molecule has 0 saturated heterocycles. The van der Waals surface area contributed by atoms with Gasteiger partial charge in [-0.05, 0) is 54.6 Å². The van der Waals surface area contributed by atoms with E-state index < -0.39 is 41.2 Å². The Morgan fingerprint density at radius 3 is 2.51 bits per heavy atom. The Bertz CT molecular complexity index is 2250. The van der Waals surface area contributed by atoms with Gasteiger partial charge in [0.15, 0.2) is 11.6 Å². The molecule has 0 atom stereocenters. The lowest BCUT2D eigenvalue weighted by molar-refractivity contribution is -0.0544. The van der Waals surface area contributed by atoms with Gasteiger partial charge in [-0.2, -0.15) is 19.0 Å². The molecule has 3 aromatic carbocycles. The smallest absolute Gasteiger partial charge is 0.388 e. The van der Waals surface area contributed by atoms with Crippen molar-refractivity contribution in [1.29, 1.82) is 0 Å². The molecule has 0 aliphatic carbocycles. The van der Waals surface area contributed by atoms with Crippen LogP contribution in [-0.2, 0) is 0 Å². The fraction of sp³-hybridized carbons (Fsp3) is 0.0323. The van der Waals surface area contributed by atoms with Crippen LogP contribution in [0.5, 0.6) is 17.4 Å². The van der Waals surface area contributed by atoms with E-state index in [1.54, 1.807) is 35.4 Å². The summed E-state index contributed by atoms with van der Waals surface area (Å²) in [4.78, 5) is 26.3. The number of anilines is 1. The van der Waals surface area contributed by atoms with Gasteiger partial charge in [0.1, 0.15) is 17.1 Å². The van der Waals surface area contributed by atoms with Crippen LogP contribution in [0.1, 0.15) is 10.4 Å². The number of alkyl halides is 2. The van der Waals surface area contributed by atoms with Crippen LogP contribution in [-0.4, -0.2) is 36.9 Å². The lowest BCUT2D eigenvalue weighted by Gasteiger charge is -2.15. The average molecular weight is 615 g/mol.